The Kier molecular flexibility index (Phi) is 4.36. The molecule has 4 nitrogen and oxygen atoms in total. The number of rotatable bonds is 4. The highest BCUT2D eigenvalue weighted by Crippen LogP contribution is 2.40. The zero-order valence-electron chi connectivity index (χ0n) is 15.2. The summed E-state index contributed by atoms with van der Waals surface area (Å²) in [7, 11) is 0. The van der Waals surface area contributed by atoms with Crippen LogP contribution in [0, 0.1) is 19.8 Å². The van der Waals surface area contributed by atoms with Crippen molar-refractivity contribution >= 4 is 5.91 Å². The molecule has 4 rings (SSSR count). The minimum Gasteiger partial charge on any atom is -0.339 e. The molecule has 2 heterocycles. The summed E-state index contributed by atoms with van der Waals surface area (Å²) in [6.45, 7) is 6.99. The van der Waals surface area contributed by atoms with Crippen molar-refractivity contribution in [1.82, 2.24) is 14.5 Å². The number of imidazole rings is 1. The topological polar surface area (TPSA) is 38.1 Å². The highest BCUT2D eigenvalue weighted by Gasteiger charge is 2.30. The molecule has 1 amide bonds. The third-order valence-corrected chi connectivity index (χ3v) is 5.64. The van der Waals surface area contributed by atoms with E-state index in [4.69, 9.17) is 0 Å². The molecule has 25 heavy (non-hydrogen) atoms. The van der Waals surface area contributed by atoms with Gasteiger partial charge in [0.1, 0.15) is 5.82 Å². The summed E-state index contributed by atoms with van der Waals surface area (Å²) in [6.07, 6.45) is 6.77. The SMILES string of the molecule is Cc1cccc(C(=O)N2CCC(Cn3c(C)cnc3C3CC3)CC2)c1. The van der Waals surface area contributed by atoms with E-state index in [0.29, 0.717) is 11.8 Å². The van der Waals surface area contributed by atoms with Gasteiger partial charge in [0, 0.05) is 43.0 Å². The smallest absolute Gasteiger partial charge is 0.253 e. The minimum absolute atomic E-state index is 0.180. The molecular weight excluding hydrogens is 310 g/mol. The molecule has 1 saturated heterocycles. The zero-order valence-corrected chi connectivity index (χ0v) is 15.2. The van der Waals surface area contributed by atoms with Gasteiger partial charge >= 0.3 is 0 Å². The van der Waals surface area contributed by atoms with E-state index in [0.717, 1.165) is 43.6 Å². The van der Waals surface area contributed by atoms with Gasteiger partial charge < -0.3 is 9.47 Å². The van der Waals surface area contributed by atoms with Crippen LogP contribution in [0.5, 0.6) is 0 Å². The molecule has 0 atom stereocenters. The van der Waals surface area contributed by atoms with Gasteiger partial charge in [0.15, 0.2) is 0 Å². The van der Waals surface area contributed by atoms with Crippen molar-refractivity contribution in [2.24, 2.45) is 5.92 Å². The molecule has 2 fully saturated rings. The zero-order chi connectivity index (χ0) is 17.4. The molecule has 1 aliphatic heterocycles. The van der Waals surface area contributed by atoms with Crippen LogP contribution in [0.25, 0.3) is 0 Å². The largest absolute Gasteiger partial charge is 0.339 e. The van der Waals surface area contributed by atoms with Gasteiger partial charge in [-0.25, -0.2) is 4.98 Å². The van der Waals surface area contributed by atoms with Crippen LogP contribution in [-0.2, 0) is 6.54 Å². The first-order chi connectivity index (χ1) is 12.1. The number of hydrogen-bond donors (Lipinski definition) is 0. The van der Waals surface area contributed by atoms with Gasteiger partial charge in [-0.2, -0.15) is 0 Å². The normalized spacial score (nSPS) is 18.6. The molecule has 2 aliphatic rings. The fourth-order valence-corrected chi connectivity index (χ4v) is 3.92. The summed E-state index contributed by atoms with van der Waals surface area (Å²) >= 11 is 0. The van der Waals surface area contributed by atoms with Crippen LogP contribution in [0.4, 0.5) is 0 Å². The number of aryl methyl sites for hydroxylation is 2. The molecule has 0 bridgehead atoms. The van der Waals surface area contributed by atoms with Crippen LogP contribution in [0.2, 0.25) is 0 Å². The number of likely N-dealkylation sites (tertiary alicyclic amines) is 1. The van der Waals surface area contributed by atoms with E-state index in [2.05, 4.69) is 16.5 Å². The molecule has 1 aromatic carbocycles. The van der Waals surface area contributed by atoms with Gasteiger partial charge in [-0.05, 0) is 57.6 Å². The van der Waals surface area contributed by atoms with Crippen LogP contribution >= 0.6 is 0 Å². The number of nitrogens with zero attached hydrogens (tertiary/aromatic N) is 3. The summed E-state index contributed by atoms with van der Waals surface area (Å²) in [6, 6.07) is 7.92. The van der Waals surface area contributed by atoms with E-state index < -0.39 is 0 Å². The van der Waals surface area contributed by atoms with Gasteiger partial charge in [-0.15, -0.1) is 0 Å². The van der Waals surface area contributed by atoms with Crippen LogP contribution in [0.15, 0.2) is 30.5 Å². The fourth-order valence-electron chi connectivity index (χ4n) is 3.92. The molecule has 1 saturated carbocycles. The van der Waals surface area contributed by atoms with Crippen LogP contribution < -0.4 is 0 Å². The van der Waals surface area contributed by atoms with Crippen molar-refractivity contribution in [1.29, 1.82) is 0 Å². The first-order valence-electron chi connectivity index (χ1n) is 9.50. The van der Waals surface area contributed by atoms with Crippen molar-refractivity contribution in [3.8, 4) is 0 Å². The lowest BCUT2D eigenvalue weighted by atomic mass is 9.95. The average molecular weight is 337 g/mol. The summed E-state index contributed by atoms with van der Waals surface area (Å²) in [5.74, 6) is 2.80. The quantitative estimate of drug-likeness (QED) is 0.848. The Morgan fingerprint density at radius 1 is 1.16 bits per heavy atom. The average Bonchev–Trinajstić information content (AvgIpc) is 3.40. The van der Waals surface area contributed by atoms with Crippen LogP contribution in [0.1, 0.15) is 59.0 Å². The lowest BCUT2D eigenvalue weighted by Gasteiger charge is -2.32. The fraction of sp³-hybridized carbons (Fsp3) is 0.524. The van der Waals surface area contributed by atoms with Gasteiger partial charge in [0.2, 0.25) is 0 Å². The van der Waals surface area contributed by atoms with Crippen LogP contribution in [-0.4, -0.2) is 33.4 Å². The third-order valence-electron chi connectivity index (χ3n) is 5.64. The Morgan fingerprint density at radius 3 is 2.60 bits per heavy atom. The molecule has 4 heteroatoms. The van der Waals surface area contributed by atoms with Gasteiger partial charge in [0.25, 0.3) is 5.91 Å². The Morgan fingerprint density at radius 2 is 1.92 bits per heavy atom. The first-order valence-corrected chi connectivity index (χ1v) is 9.50. The molecule has 1 aromatic heterocycles. The summed E-state index contributed by atoms with van der Waals surface area (Å²) in [5.41, 5.74) is 3.24. The maximum atomic E-state index is 12.7. The van der Waals surface area contributed by atoms with E-state index in [1.807, 2.05) is 42.3 Å². The molecule has 2 aromatic rings. The van der Waals surface area contributed by atoms with E-state index in [1.54, 1.807) is 0 Å². The lowest BCUT2D eigenvalue weighted by Crippen LogP contribution is -2.39. The molecule has 0 unspecified atom stereocenters. The predicted octanol–water partition coefficient (Wildman–Crippen LogP) is 3.93. The summed E-state index contributed by atoms with van der Waals surface area (Å²) in [4.78, 5) is 19.3. The van der Waals surface area contributed by atoms with Gasteiger partial charge in [-0.1, -0.05) is 17.7 Å². The number of benzene rings is 1. The second-order valence-corrected chi connectivity index (χ2v) is 7.75. The van der Waals surface area contributed by atoms with E-state index in [-0.39, 0.29) is 5.91 Å². The number of carbonyl (C=O) groups excluding carboxylic acids is 1. The summed E-state index contributed by atoms with van der Waals surface area (Å²) in [5, 5.41) is 0. The molecular formula is C21H27N3O. The Hall–Kier alpha value is -2.10. The predicted molar refractivity (Wildman–Crippen MR) is 98.7 cm³/mol. The van der Waals surface area contributed by atoms with Crippen molar-refractivity contribution in [2.45, 2.75) is 52.0 Å². The molecule has 0 N–H and O–H groups in total. The Bertz CT molecular complexity index is 767. The van der Waals surface area contributed by atoms with E-state index in [1.165, 1.54) is 24.4 Å². The lowest BCUT2D eigenvalue weighted by molar-refractivity contribution is 0.0682. The maximum Gasteiger partial charge on any atom is 0.253 e. The van der Waals surface area contributed by atoms with Crippen molar-refractivity contribution in [3.05, 3.63) is 53.1 Å². The van der Waals surface area contributed by atoms with E-state index >= 15 is 0 Å². The van der Waals surface area contributed by atoms with Gasteiger partial charge in [0.05, 0.1) is 0 Å². The first kappa shape index (κ1) is 16.4. The van der Waals surface area contributed by atoms with Crippen molar-refractivity contribution < 1.29 is 4.79 Å². The number of aromatic nitrogens is 2. The molecule has 0 spiro atoms. The Labute approximate surface area is 149 Å². The molecule has 132 valence electrons. The highest BCUT2D eigenvalue weighted by atomic mass is 16.2. The van der Waals surface area contributed by atoms with E-state index in [9.17, 15) is 4.79 Å². The monoisotopic (exact) mass is 337 g/mol. The molecule has 0 radical (unpaired) electrons. The second-order valence-electron chi connectivity index (χ2n) is 7.75. The summed E-state index contributed by atoms with van der Waals surface area (Å²) < 4.78 is 2.43. The maximum absolute atomic E-state index is 12.7. The second kappa shape index (κ2) is 6.66. The number of carbonyl (C=O) groups is 1. The minimum atomic E-state index is 0.180. The highest BCUT2D eigenvalue weighted by molar-refractivity contribution is 5.94. The van der Waals surface area contributed by atoms with Crippen LogP contribution in [0.3, 0.4) is 0 Å². The van der Waals surface area contributed by atoms with Crippen molar-refractivity contribution in [3.63, 3.8) is 0 Å². The number of amides is 1. The number of hydrogen-bond acceptors (Lipinski definition) is 2. The third kappa shape index (κ3) is 3.48. The standard InChI is InChI=1S/C21H27N3O/c1-15-4-3-5-19(12-15)21(25)23-10-8-17(9-11-23)14-24-16(2)13-22-20(24)18-6-7-18/h3-5,12-13,17-18H,6-11,14H2,1-2H3. The van der Waals surface area contributed by atoms with Gasteiger partial charge in [-0.3, -0.25) is 4.79 Å². The Balaban J connectivity index is 1.37. The number of piperidine rings is 1. The van der Waals surface area contributed by atoms with Crippen molar-refractivity contribution in [2.75, 3.05) is 13.1 Å². The molecule has 1 aliphatic carbocycles.